The number of para-hydroxylation sites is 2. The smallest absolute Gasteiger partial charge is 0.232 e. The Hall–Kier alpha value is -2.44. The van der Waals surface area contributed by atoms with E-state index in [1.807, 2.05) is 24.3 Å². The summed E-state index contributed by atoms with van der Waals surface area (Å²) in [4.78, 5) is 32.6. The third-order valence-corrected chi connectivity index (χ3v) is 4.87. The maximum absolute atomic E-state index is 12.4. The van der Waals surface area contributed by atoms with Gasteiger partial charge in [-0.25, -0.2) is 4.98 Å². The van der Waals surface area contributed by atoms with Crippen LogP contribution in [0, 0.1) is 16.0 Å². The summed E-state index contributed by atoms with van der Waals surface area (Å²) in [6.45, 7) is 1.29. The fourth-order valence-electron chi connectivity index (χ4n) is 3.48. The fourth-order valence-corrected chi connectivity index (χ4v) is 3.48. The van der Waals surface area contributed by atoms with Gasteiger partial charge in [0.25, 0.3) is 0 Å². The van der Waals surface area contributed by atoms with Crippen molar-refractivity contribution in [3.63, 3.8) is 0 Å². The van der Waals surface area contributed by atoms with E-state index in [4.69, 9.17) is 0 Å². The number of likely N-dealkylation sites (tertiary alicyclic amines) is 1. The van der Waals surface area contributed by atoms with Crippen LogP contribution in [0.25, 0.3) is 11.0 Å². The second kappa shape index (κ2) is 5.33. The van der Waals surface area contributed by atoms with Crippen molar-refractivity contribution in [3.05, 3.63) is 40.2 Å². The molecule has 1 N–H and O–H groups in total. The predicted molar refractivity (Wildman–Crippen MR) is 83.5 cm³/mol. The van der Waals surface area contributed by atoms with Gasteiger partial charge >= 0.3 is 0 Å². The van der Waals surface area contributed by atoms with Gasteiger partial charge in [0.1, 0.15) is 11.7 Å². The summed E-state index contributed by atoms with van der Waals surface area (Å²) < 4.78 is 0. The zero-order chi connectivity index (χ0) is 16.0. The molecule has 0 spiro atoms. The number of amides is 1. The average molecular weight is 314 g/mol. The summed E-state index contributed by atoms with van der Waals surface area (Å²) in [5.74, 6) is 0.602. The van der Waals surface area contributed by atoms with Gasteiger partial charge in [-0.3, -0.25) is 14.9 Å². The molecule has 7 nitrogen and oxygen atoms in total. The van der Waals surface area contributed by atoms with Crippen molar-refractivity contribution < 1.29 is 9.72 Å². The van der Waals surface area contributed by atoms with E-state index in [0.29, 0.717) is 19.5 Å². The SMILES string of the molecule is O=C([C@@H]1C[C@@H]1[N+](=O)[O-])N1CCC[C@H](c2nc3ccccc3[nH]2)C1. The van der Waals surface area contributed by atoms with E-state index >= 15 is 0 Å². The van der Waals surface area contributed by atoms with Crippen molar-refractivity contribution in [3.8, 4) is 0 Å². The molecule has 0 unspecified atom stereocenters. The number of rotatable bonds is 3. The molecule has 0 radical (unpaired) electrons. The summed E-state index contributed by atoms with van der Waals surface area (Å²) in [6, 6.07) is 7.20. The fraction of sp³-hybridized carbons (Fsp3) is 0.500. The van der Waals surface area contributed by atoms with Gasteiger partial charge in [-0.2, -0.15) is 0 Å². The molecule has 7 heteroatoms. The molecule has 1 aliphatic carbocycles. The van der Waals surface area contributed by atoms with Crippen LogP contribution >= 0.6 is 0 Å². The number of nitro groups is 1. The van der Waals surface area contributed by atoms with Crippen LogP contribution in [0.15, 0.2) is 24.3 Å². The third-order valence-electron chi connectivity index (χ3n) is 4.87. The van der Waals surface area contributed by atoms with Gasteiger partial charge in [0, 0.05) is 30.4 Å². The second-order valence-electron chi connectivity index (χ2n) is 6.46. The number of hydrogen-bond acceptors (Lipinski definition) is 4. The van der Waals surface area contributed by atoms with E-state index in [0.717, 1.165) is 29.7 Å². The highest BCUT2D eigenvalue weighted by Crippen LogP contribution is 2.36. The van der Waals surface area contributed by atoms with Gasteiger partial charge in [0.15, 0.2) is 0 Å². The van der Waals surface area contributed by atoms with Crippen molar-refractivity contribution in [1.29, 1.82) is 0 Å². The van der Waals surface area contributed by atoms with Crippen LogP contribution in [0.5, 0.6) is 0 Å². The Morgan fingerprint density at radius 3 is 2.96 bits per heavy atom. The molecule has 4 rings (SSSR count). The third kappa shape index (κ3) is 2.56. The van der Waals surface area contributed by atoms with E-state index < -0.39 is 12.0 Å². The molecule has 1 amide bonds. The van der Waals surface area contributed by atoms with E-state index in [1.54, 1.807) is 4.90 Å². The van der Waals surface area contributed by atoms with Gasteiger partial charge < -0.3 is 9.88 Å². The van der Waals surface area contributed by atoms with Crippen LogP contribution in [-0.2, 0) is 4.79 Å². The maximum atomic E-state index is 12.4. The standard InChI is InChI=1S/C16H18N4O3/c21-16(11-8-14(11)20(22)23)19-7-3-4-10(9-19)15-17-12-5-1-2-6-13(12)18-15/h1-2,5-6,10-11,14H,3-4,7-9H2,(H,17,18)/t10-,11+,14-/m0/s1. The van der Waals surface area contributed by atoms with Crippen molar-refractivity contribution >= 4 is 16.9 Å². The predicted octanol–water partition coefficient (Wildman–Crippen LogP) is 1.93. The van der Waals surface area contributed by atoms with E-state index in [1.165, 1.54) is 0 Å². The van der Waals surface area contributed by atoms with Crippen molar-refractivity contribution in [2.75, 3.05) is 13.1 Å². The molecule has 1 saturated carbocycles. The summed E-state index contributed by atoms with van der Waals surface area (Å²) >= 11 is 0. The number of fused-ring (bicyclic) bond motifs is 1. The van der Waals surface area contributed by atoms with Gasteiger partial charge in [-0.05, 0) is 25.0 Å². The Morgan fingerprint density at radius 1 is 1.39 bits per heavy atom. The molecule has 2 heterocycles. The highest BCUT2D eigenvalue weighted by Gasteiger charge is 2.54. The quantitative estimate of drug-likeness (QED) is 0.692. The number of carbonyl (C=O) groups is 1. The van der Waals surface area contributed by atoms with Crippen molar-refractivity contribution in [2.24, 2.45) is 5.92 Å². The first kappa shape index (κ1) is 14.2. The highest BCUT2D eigenvalue weighted by atomic mass is 16.6. The lowest BCUT2D eigenvalue weighted by atomic mass is 9.97. The minimum atomic E-state index is -0.672. The van der Waals surface area contributed by atoms with Gasteiger partial charge in [-0.15, -0.1) is 0 Å². The number of nitrogens with one attached hydrogen (secondary N) is 1. The molecule has 1 aromatic heterocycles. The molecule has 2 aliphatic rings. The molecule has 120 valence electrons. The zero-order valence-electron chi connectivity index (χ0n) is 12.6. The lowest BCUT2D eigenvalue weighted by Gasteiger charge is -2.31. The Labute approximate surface area is 132 Å². The first-order valence-corrected chi connectivity index (χ1v) is 8.00. The number of H-pyrrole nitrogens is 1. The molecule has 2 fully saturated rings. The lowest BCUT2D eigenvalue weighted by molar-refractivity contribution is -0.497. The number of carbonyl (C=O) groups excluding carboxylic acids is 1. The summed E-state index contributed by atoms with van der Waals surface area (Å²) in [6.07, 6.45) is 2.27. The molecule has 1 aromatic carbocycles. The maximum Gasteiger partial charge on any atom is 0.232 e. The Bertz CT molecular complexity index is 739. The average Bonchev–Trinajstić information content (AvgIpc) is 3.26. The number of aromatic amines is 1. The van der Waals surface area contributed by atoms with Crippen LogP contribution in [0.4, 0.5) is 0 Å². The zero-order valence-corrected chi connectivity index (χ0v) is 12.6. The Kier molecular flexibility index (Phi) is 3.28. The van der Waals surface area contributed by atoms with Crippen LogP contribution in [0.1, 0.15) is 31.0 Å². The minimum absolute atomic E-state index is 0.0625. The van der Waals surface area contributed by atoms with E-state index in [9.17, 15) is 14.9 Å². The van der Waals surface area contributed by atoms with Crippen LogP contribution in [0.3, 0.4) is 0 Å². The highest BCUT2D eigenvalue weighted by molar-refractivity contribution is 5.82. The molecule has 0 bridgehead atoms. The van der Waals surface area contributed by atoms with E-state index in [-0.39, 0.29) is 16.7 Å². The monoisotopic (exact) mass is 314 g/mol. The molecule has 2 aromatic rings. The molecule has 1 saturated heterocycles. The number of imidazole rings is 1. The second-order valence-corrected chi connectivity index (χ2v) is 6.46. The number of benzene rings is 1. The van der Waals surface area contributed by atoms with Gasteiger partial charge in [-0.1, -0.05) is 12.1 Å². The minimum Gasteiger partial charge on any atom is -0.342 e. The normalized spacial score (nSPS) is 27.1. The number of hydrogen-bond donors (Lipinski definition) is 1. The van der Waals surface area contributed by atoms with Crippen LogP contribution in [-0.4, -0.2) is 44.8 Å². The van der Waals surface area contributed by atoms with Crippen molar-refractivity contribution in [1.82, 2.24) is 14.9 Å². The van der Waals surface area contributed by atoms with Crippen LogP contribution in [0.2, 0.25) is 0 Å². The topological polar surface area (TPSA) is 92.1 Å². The number of nitrogens with zero attached hydrogens (tertiary/aromatic N) is 3. The summed E-state index contributed by atoms with van der Waals surface area (Å²) in [5, 5.41) is 10.8. The number of aromatic nitrogens is 2. The van der Waals surface area contributed by atoms with Crippen molar-refractivity contribution in [2.45, 2.75) is 31.2 Å². The van der Waals surface area contributed by atoms with E-state index in [2.05, 4.69) is 9.97 Å². The summed E-state index contributed by atoms with van der Waals surface area (Å²) in [5.41, 5.74) is 1.93. The summed E-state index contributed by atoms with van der Waals surface area (Å²) in [7, 11) is 0. The molecule has 23 heavy (non-hydrogen) atoms. The molecule has 3 atom stereocenters. The first-order chi connectivity index (χ1) is 11.1. The first-order valence-electron chi connectivity index (χ1n) is 8.00. The van der Waals surface area contributed by atoms with Gasteiger partial charge in [0.05, 0.1) is 11.0 Å². The Balaban J connectivity index is 1.48. The Morgan fingerprint density at radius 2 is 2.22 bits per heavy atom. The molecular formula is C16H18N4O3. The number of piperidine rings is 1. The molecule has 1 aliphatic heterocycles. The van der Waals surface area contributed by atoms with Crippen LogP contribution < -0.4 is 0 Å². The molecular weight excluding hydrogens is 296 g/mol. The van der Waals surface area contributed by atoms with Gasteiger partial charge in [0.2, 0.25) is 11.9 Å². The largest absolute Gasteiger partial charge is 0.342 e. The lowest BCUT2D eigenvalue weighted by Crippen LogP contribution is -2.41.